The first-order chi connectivity index (χ1) is 11.5. The van der Waals surface area contributed by atoms with Crippen molar-refractivity contribution in [2.75, 3.05) is 14.2 Å². The van der Waals surface area contributed by atoms with Gasteiger partial charge in [-0.1, -0.05) is 6.07 Å². The van der Waals surface area contributed by atoms with Crippen LogP contribution in [0.15, 0.2) is 41.2 Å². The largest absolute Gasteiger partial charge is 0.498 e. The molecule has 0 saturated carbocycles. The van der Waals surface area contributed by atoms with Crippen molar-refractivity contribution in [2.45, 2.75) is 19.8 Å². The van der Waals surface area contributed by atoms with E-state index in [1.54, 1.807) is 26.0 Å². The van der Waals surface area contributed by atoms with E-state index in [4.69, 9.17) is 9.47 Å². The van der Waals surface area contributed by atoms with Gasteiger partial charge < -0.3 is 9.47 Å². The molecule has 124 valence electrons. The number of hydrogen-bond acceptors (Lipinski definition) is 5. The summed E-state index contributed by atoms with van der Waals surface area (Å²) >= 11 is 0. The summed E-state index contributed by atoms with van der Waals surface area (Å²) in [5.41, 5.74) is 2.24. The lowest BCUT2D eigenvalue weighted by molar-refractivity contribution is 0.191. The van der Waals surface area contributed by atoms with E-state index in [0.29, 0.717) is 39.4 Å². The first kappa shape index (κ1) is 15.9. The van der Waals surface area contributed by atoms with Gasteiger partial charge in [0.1, 0.15) is 23.3 Å². The summed E-state index contributed by atoms with van der Waals surface area (Å²) in [7, 11) is 3.01. The molecule has 1 N–H and O–H groups in total. The highest BCUT2D eigenvalue weighted by molar-refractivity contribution is 5.80. The van der Waals surface area contributed by atoms with Crippen molar-refractivity contribution in [1.82, 2.24) is 15.1 Å². The molecule has 0 spiro atoms. The quantitative estimate of drug-likeness (QED) is 0.875. The summed E-state index contributed by atoms with van der Waals surface area (Å²) < 4.78 is 26.1. The smallest absolute Gasteiger partial charge is 0.188 e. The molecule has 0 atom stereocenters. The zero-order chi connectivity index (χ0) is 17.4. The van der Waals surface area contributed by atoms with Gasteiger partial charge in [0.05, 0.1) is 42.7 Å². The number of halogens is 1. The Morgan fingerprint density at radius 3 is 2.38 bits per heavy atom. The second-order valence-corrected chi connectivity index (χ2v) is 5.48. The van der Waals surface area contributed by atoms with Crippen LogP contribution in [-0.4, -0.2) is 29.3 Å². The van der Waals surface area contributed by atoms with E-state index >= 15 is 4.39 Å². The number of allylic oxidation sites excluding steroid dienone is 2. The molecule has 0 unspecified atom stereocenters. The van der Waals surface area contributed by atoms with Crippen LogP contribution in [0.3, 0.4) is 0 Å². The fourth-order valence-electron chi connectivity index (χ4n) is 3.20. The molecule has 1 aliphatic heterocycles. The van der Waals surface area contributed by atoms with Crippen LogP contribution >= 0.6 is 0 Å². The minimum Gasteiger partial charge on any atom is -0.498 e. The lowest BCUT2D eigenvalue weighted by atomic mass is 9.89. The van der Waals surface area contributed by atoms with Crippen molar-refractivity contribution < 1.29 is 13.9 Å². The number of aromatic nitrogens is 2. The summed E-state index contributed by atoms with van der Waals surface area (Å²) in [4.78, 5) is 1.42. The maximum Gasteiger partial charge on any atom is 0.188 e. The van der Waals surface area contributed by atoms with Gasteiger partial charge in [0.2, 0.25) is 0 Å². The van der Waals surface area contributed by atoms with E-state index in [1.165, 1.54) is 25.3 Å². The molecule has 0 amide bonds. The summed E-state index contributed by atoms with van der Waals surface area (Å²) in [5, 5.41) is 16.4. The molecule has 0 bridgehead atoms. The molecule has 2 heterocycles. The van der Waals surface area contributed by atoms with Crippen molar-refractivity contribution >= 4 is 10.9 Å². The van der Waals surface area contributed by atoms with Gasteiger partial charge in [0.15, 0.2) is 6.19 Å². The zero-order valence-corrected chi connectivity index (χ0v) is 13.8. The average Bonchev–Trinajstić information content (AvgIpc) is 3.05. The zero-order valence-electron chi connectivity index (χ0n) is 13.8. The van der Waals surface area contributed by atoms with Gasteiger partial charge in [-0.3, -0.25) is 5.10 Å². The Labute approximate surface area is 138 Å². The molecule has 3 rings (SSSR count). The van der Waals surface area contributed by atoms with Crippen molar-refractivity contribution in [2.24, 2.45) is 0 Å². The van der Waals surface area contributed by atoms with Gasteiger partial charge in [-0.15, -0.1) is 0 Å². The van der Waals surface area contributed by atoms with Crippen LogP contribution < -0.4 is 0 Å². The number of ether oxygens (including phenoxy) is 2. The molecular weight excluding hydrogens is 311 g/mol. The first-order valence-electron chi connectivity index (χ1n) is 7.36. The minimum absolute atomic E-state index is 0.388. The fourth-order valence-corrected chi connectivity index (χ4v) is 3.20. The second kappa shape index (κ2) is 5.89. The molecular formula is C17H17FN4O2. The third-order valence-corrected chi connectivity index (χ3v) is 4.35. The number of benzene rings is 1. The summed E-state index contributed by atoms with van der Waals surface area (Å²) in [6, 6.07) is 3.45. The Kier molecular flexibility index (Phi) is 3.89. The molecule has 0 saturated heterocycles. The number of methoxy groups -OCH3 is 2. The predicted octanol–water partition coefficient (Wildman–Crippen LogP) is 3.34. The number of nitrogens with one attached hydrogen (secondary N) is 1. The summed E-state index contributed by atoms with van der Waals surface area (Å²) in [6.45, 7) is 3.53. The van der Waals surface area contributed by atoms with Crippen LogP contribution in [0.25, 0.3) is 10.9 Å². The minimum atomic E-state index is -0.566. The third kappa shape index (κ3) is 2.11. The molecule has 2 aromatic rings. The summed E-state index contributed by atoms with van der Waals surface area (Å²) in [5.74, 6) is -0.00764. The summed E-state index contributed by atoms with van der Waals surface area (Å²) in [6.07, 6.45) is 3.54. The highest BCUT2D eigenvalue weighted by Crippen LogP contribution is 2.43. The number of hydrogen-bond donors (Lipinski definition) is 1. The van der Waals surface area contributed by atoms with E-state index in [1.807, 2.05) is 0 Å². The second-order valence-electron chi connectivity index (χ2n) is 5.48. The van der Waals surface area contributed by atoms with Crippen molar-refractivity contribution in [3.63, 3.8) is 0 Å². The maximum absolute atomic E-state index is 15.0. The van der Waals surface area contributed by atoms with Gasteiger partial charge in [-0.05, 0) is 19.9 Å². The lowest BCUT2D eigenvalue weighted by Gasteiger charge is -2.33. The van der Waals surface area contributed by atoms with Crippen LogP contribution in [0.2, 0.25) is 0 Å². The Morgan fingerprint density at radius 2 is 1.83 bits per heavy atom. The van der Waals surface area contributed by atoms with Crippen LogP contribution in [0.5, 0.6) is 0 Å². The number of aromatic amines is 1. The Balaban J connectivity index is 2.28. The normalized spacial score (nSPS) is 15.9. The number of nitriles is 1. The number of nitrogens with zero attached hydrogens (tertiary/aromatic N) is 3. The van der Waals surface area contributed by atoms with Gasteiger partial charge in [-0.2, -0.15) is 10.4 Å². The SMILES string of the molecule is COC1=C(C)N(C#N)C(C)=C(OC)C1c1ccc2[nH]ncc2c1F. The van der Waals surface area contributed by atoms with E-state index < -0.39 is 5.92 Å². The van der Waals surface area contributed by atoms with Crippen molar-refractivity contribution in [3.8, 4) is 6.19 Å². The van der Waals surface area contributed by atoms with Crippen LogP contribution in [-0.2, 0) is 9.47 Å². The Bertz CT molecular complexity index is 879. The molecule has 0 fully saturated rings. The van der Waals surface area contributed by atoms with Crippen LogP contribution in [0, 0.1) is 17.3 Å². The van der Waals surface area contributed by atoms with Crippen molar-refractivity contribution in [1.29, 1.82) is 5.26 Å². The van der Waals surface area contributed by atoms with Crippen molar-refractivity contribution in [3.05, 3.63) is 52.6 Å². The van der Waals surface area contributed by atoms with E-state index in [2.05, 4.69) is 16.4 Å². The number of rotatable bonds is 3. The molecule has 7 heteroatoms. The van der Waals surface area contributed by atoms with Gasteiger partial charge in [0, 0.05) is 5.56 Å². The molecule has 1 aliphatic rings. The molecule has 0 aliphatic carbocycles. The molecule has 6 nitrogen and oxygen atoms in total. The molecule has 0 radical (unpaired) electrons. The topological polar surface area (TPSA) is 74.2 Å². The highest BCUT2D eigenvalue weighted by Gasteiger charge is 2.37. The maximum atomic E-state index is 15.0. The number of H-pyrrole nitrogens is 1. The molecule has 1 aromatic heterocycles. The van der Waals surface area contributed by atoms with E-state index in [9.17, 15) is 5.26 Å². The first-order valence-corrected chi connectivity index (χ1v) is 7.36. The molecule has 24 heavy (non-hydrogen) atoms. The fraction of sp³-hybridized carbons (Fsp3) is 0.294. The van der Waals surface area contributed by atoms with Gasteiger partial charge >= 0.3 is 0 Å². The Morgan fingerprint density at radius 1 is 1.21 bits per heavy atom. The predicted molar refractivity (Wildman–Crippen MR) is 85.7 cm³/mol. The van der Waals surface area contributed by atoms with E-state index in [-0.39, 0.29) is 5.82 Å². The third-order valence-electron chi connectivity index (χ3n) is 4.35. The van der Waals surface area contributed by atoms with Gasteiger partial charge in [-0.25, -0.2) is 9.29 Å². The average molecular weight is 328 g/mol. The number of fused-ring (bicyclic) bond motifs is 1. The van der Waals surface area contributed by atoms with Crippen LogP contribution in [0.1, 0.15) is 25.3 Å². The monoisotopic (exact) mass is 328 g/mol. The highest BCUT2D eigenvalue weighted by atomic mass is 19.1. The van der Waals surface area contributed by atoms with E-state index in [0.717, 1.165) is 0 Å². The van der Waals surface area contributed by atoms with Gasteiger partial charge in [0.25, 0.3) is 0 Å². The standard InChI is InChI=1S/C17H17FN4O2/c1-9-16(23-3)14(17(24-4)10(2)22(9)8-19)11-5-6-13-12(15(11)18)7-20-21-13/h5-7,14H,1-4H3,(H,20,21). The molecule has 1 aromatic carbocycles. The van der Waals surface area contributed by atoms with Crippen LogP contribution in [0.4, 0.5) is 4.39 Å². The Hall–Kier alpha value is -3.01. The lowest BCUT2D eigenvalue weighted by Crippen LogP contribution is -2.28.